The molecule has 0 fully saturated rings. The van der Waals surface area contributed by atoms with E-state index in [4.69, 9.17) is 9.47 Å². The first-order chi connectivity index (χ1) is 17.1. The Bertz CT molecular complexity index is 1320. The molecule has 0 N–H and O–H groups in total. The van der Waals surface area contributed by atoms with Gasteiger partial charge in [-0.05, 0) is 47.5 Å². The molecule has 0 bridgehead atoms. The van der Waals surface area contributed by atoms with Gasteiger partial charge in [0.1, 0.15) is 6.61 Å². The molecule has 0 spiro atoms. The molecule has 0 aliphatic heterocycles. The highest BCUT2D eigenvalue weighted by Crippen LogP contribution is 2.30. The molecular formula is C28H28N2O4S. The average molecular weight is 489 g/mol. The molecule has 0 amide bonds. The number of benzene rings is 3. The van der Waals surface area contributed by atoms with Crippen LogP contribution in [0.1, 0.15) is 16.8 Å². The van der Waals surface area contributed by atoms with Gasteiger partial charge >= 0.3 is 0 Å². The van der Waals surface area contributed by atoms with Crippen LogP contribution in [0.5, 0.6) is 11.5 Å². The summed E-state index contributed by atoms with van der Waals surface area (Å²) in [7, 11) is -2.13. The molecule has 0 saturated carbocycles. The van der Waals surface area contributed by atoms with E-state index < -0.39 is 10.0 Å². The molecule has 0 aliphatic carbocycles. The van der Waals surface area contributed by atoms with Gasteiger partial charge in [-0.2, -0.15) is 4.31 Å². The highest BCUT2D eigenvalue weighted by atomic mass is 32.2. The summed E-state index contributed by atoms with van der Waals surface area (Å²) >= 11 is 0. The number of pyridine rings is 1. The normalized spacial score (nSPS) is 11.4. The van der Waals surface area contributed by atoms with Gasteiger partial charge in [-0.25, -0.2) is 8.42 Å². The fraction of sp³-hybridized carbons (Fsp3) is 0.179. The monoisotopic (exact) mass is 488 g/mol. The summed E-state index contributed by atoms with van der Waals surface area (Å²) in [6.45, 7) is 0.864. The highest BCUT2D eigenvalue weighted by molar-refractivity contribution is 7.89. The molecule has 0 aliphatic rings. The Morgan fingerprint density at radius 1 is 0.800 bits per heavy atom. The van der Waals surface area contributed by atoms with E-state index >= 15 is 0 Å². The minimum absolute atomic E-state index is 0.190. The fourth-order valence-electron chi connectivity index (χ4n) is 3.68. The Hall–Kier alpha value is -3.68. The van der Waals surface area contributed by atoms with Crippen molar-refractivity contribution >= 4 is 10.0 Å². The summed E-state index contributed by atoms with van der Waals surface area (Å²) in [6.07, 6.45) is 2.21. The van der Waals surface area contributed by atoms with Crippen molar-refractivity contribution in [2.45, 2.75) is 24.5 Å². The smallest absolute Gasteiger partial charge is 0.243 e. The van der Waals surface area contributed by atoms with Gasteiger partial charge < -0.3 is 9.47 Å². The van der Waals surface area contributed by atoms with Crippen molar-refractivity contribution < 1.29 is 17.9 Å². The van der Waals surface area contributed by atoms with Crippen molar-refractivity contribution in [3.63, 3.8) is 0 Å². The van der Waals surface area contributed by atoms with Crippen molar-refractivity contribution in [3.8, 4) is 11.5 Å². The number of hydrogen-bond donors (Lipinski definition) is 0. The van der Waals surface area contributed by atoms with Crippen LogP contribution in [-0.2, 0) is 29.6 Å². The Morgan fingerprint density at radius 2 is 1.51 bits per heavy atom. The standard InChI is InChI=1S/C28H28N2O4S/c1-33-27-16-15-24(20-28(27)34-22-23-10-4-2-5-11-23)21-30(19-17-25-12-8-9-18-29-25)35(31,32)26-13-6-3-7-14-26/h2-16,18,20H,17,19,21-22H2,1H3. The van der Waals surface area contributed by atoms with Crippen LogP contribution in [0, 0.1) is 0 Å². The number of hydrogen-bond acceptors (Lipinski definition) is 5. The summed E-state index contributed by atoms with van der Waals surface area (Å²) in [5, 5.41) is 0. The third-order valence-corrected chi connectivity index (χ3v) is 7.41. The van der Waals surface area contributed by atoms with Gasteiger partial charge in [-0.1, -0.05) is 60.7 Å². The van der Waals surface area contributed by atoms with Crippen LogP contribution in [-0.4, -0.2) is 31.4 Å². The van der Waals surface area contributed by atoms with Crippen LogP contribution in [0.2, 0.25) is 0 Å². The average Bonchev–Trinajstić information content (AvgIpc) is 2.91. The Balaban J connectivity index is 1.59. The van der Waals surface area contributed by atoms with E-state index in [0.29, 0.717) is 31.1 Å². The second-order valence-corrected chi connectivity index (χ2v) is 9.92. The van der Waals surface area contributed by atoms with Crippen molar-refractivity contribution in [3.05, 3.63) is 120 Å². The zero-order chi connectivity index (χ0) is 24.5. The number of sulfonamides is 1. The first-order valence-corrected chi connectivity index (χ1v) is 12.8. The van der Waals surface area contributed by atoms with E-state index in [-0.39, 0.29) is 11.4 Å². The summed E-state index contributed by atoms with van der Waals surface area (Å²) < 4.78 is 40.0. The Labute approximate surface area is 206 Å². The third-order valence-electron chi connectivity index (χ3n) is 5.55. The van der Waals surface area contributed by atoms with Crippen LogP contribution in [0.25, 0.3) is 0 Å². The van der Waals surface area contributed by atoms with E-state index in [0.717, 1.165) is 16.8 Å². The number of ether oxygens (including phenoxy) is 2. The van der Waals surface area contributed by atoms with Gasteiger partial charge in [-0.3, -0.25) is 4.98 Å². The molecule has 1 aromatic heterocycles. The van der Waals surface area contributed by atoms with Gasteiger partial charge in [0.2, 0.25) is 10.0 Å². The van der Waals surface area contributed by atoms with Crippen LogP contribution < -0.4 is 9.47 Å². The summed E-state index contributed by atoms with van der Waals surface area (Å²) in [5.41, 5.74) is 2.67. The lowest BCUT2D eigenvalue weighted by atomic mass is 10.2. The molecule has 4 rings (SSSR count). The topological polar surface area (TPSA) is 68.7 Å². The van der Waals surface area contributed by atoms with E-state index in [2.05, 4.69) is 4.98 Å². The van der Waals surface area contributed by atoms with Crippen LogP contribution >= 0.6 is 0 Å². The van der Waals surface area contributed by atoms with Gasteiger partial charge in [-0.15, -0.1) is 0 Å². The lowest BCUT2D eigenvalue weighted by Crippen LogP contribution is -2.32. The van der Waals surface area contributed by atoms with E-state index in [9.17, 15) is 8.42 Å². The molecule has 1 heterocycles. The Morgan fingerprint density at radius 3 is 2.20 bits per heavy atom. The lowest BCUT2D eigenvalue weighted by Gasteiger charge is -2.23. The minimum Gasteiger partial charge on any atom is -0.493 e. The van der Waals surface area contributed by atoms with Crippen LogP contribution in [0.15, 0.2) is 108 Å². The predicted octanol–water partition coefficient (Wildman–Crippen LogP) is 5.10. The number of rotatable bonds is 11. The van der Waals surface area contributed by atoms with Crippen molar-refractivity contribution in [1.29, 1.82) is 0 Å². The molecule has 0 unspecified atom stereocenters. The van der Waals surface area contributed by atoms with Gasteiger partial charge in [0.05, 0.1) is 12.0 Å². The van der Waals surface area contributed by atoms with Crippen LogP contribution in [0.3, 0.4) is 0 Å². The second kappa shape index (κ2) is 11.6. The second-order valence-electron chi connectivity index (χ2n) is 7.98. The zero-order valence-corrected chi connectivity index (χ0v) is 20.4. The summed E-state index contributed by atoms with van der Waals surface area (Å²) in [5.74, 6) is 1.16. The molecule has 35 heavy (non-hydrogen) atoms. The van der Waals surface area contributed by atoms with Gasteiger partial charge in [0.15, 0.2) is 11.5 Å². The molecule has 3 aromatic carbocycles. The van der Waals surface area contributed by atoms with Crippen molar-refractivity contribution in [2.24, 2.45) is 0 Å². The summed E-state index contributed by atoms with van der Waals surface area (Å²) in [4.78, 5) is 4.60. The van der Waals surface area contributed by atoms with Crippen molar-refractivity contribution in [2.75, 3.05) is 13.7 Å². The van der Waals surface area contributed by atoms with Crippen LogP contribution in [0.4, 0.5) is 0 Å². The number of methoxy groups -OCH3 is 1. The maximum Gasteiger partial charge on any atom is 0.243 e. The molecule has 7 heteroatoms. The minimum atomic E-state index is -3.72. The van der Waals surface area contributed by atoms with E-state index in [1.807, 2.05) is 66.7 Å². The quantitative estimate of drug-likeness (QED) is 0.294. The third kappa shape index (κ3) is 6.47. The summed E-state index contributed by atoms with van der Waals surface area (Å²) in [6, 6.07) is 29.5. The lowest BCUT2D eigenvalue weighted by molar-refractivity contribution is 0.283. The molecule has 0 saturated heterocycles. The fourth-order valence-corrected chi connectivity index (χ4v) is 5.13. The number of aromatic nitrogens is 1. The molecule has 0 radical (unpaired) electrons. The largest absolute Gasteiger partial charge is 0.493 e. The molecule has 0 atom stereocenters. The van der Waals surface area contributed by atoms with Gasteiger partial charge in [0, 0.05) is 31.4 Å². The number of nitrogens with zero attached hydrogens (tertiary/aromatic N) is 2. The molecular weight excluding hydrogens is 460 g/mol. The molecule has 4 aromatic rings. The maximum absolute atomic E-state index is 13.5. The first-order valence-electron chi connectivity index (χ1n) is 11.3. The first kappa shape index (κ1) is 24.4. The van der Waals surface area contributed by atoms with E-state index in [1.165, 1.54) is 4.31 Å². The highest BCUT2D eigenvalue weighted by Gasteiger charge is 2.25. The SMILES string of the molecule is COc1ccc(CN(CCc2ccccn2)S(=O)(=O)c2ccccc2)cc1OCc1ccccc1. The molecule has 6 nitrogen and oxygen atoms in total. The van der Waals surface area contributed by atoms with E-state index in [1.54, 1.807) is 43.6 Å². The molecule has 180 valence electrons. The Kier molecular flexibility index (Phi) is 8.13. The van der Waals surface area contributed by atoms with Crippen molar-refractivity contribution in [1.82, 2.24) is 9.29 Å². The predicted molar refractivity (Wildman–Crippen MR) is 136 cm³/mol. The zero-order valence-electron chi connectivity index (χ0n) is 19.6. The van der Waals surface area contributed by atoms with Gasteiger partial charge in [0.25, 0.3) is 0 Å². The maximum atomic E-state index is 13.5.